The van der Waals surface area contributed by atoms with Gasteiger partial charge in [0.1, 0.15) is 0 Å². The van der Waals surface area contributed by atoms with Gasteiger partial charge in [-0.2, -0.15) is 0 Å². The molecule has 25 heavy (non-hydrogen) atoms. The fourth-order valence-electron chi connectivity index (χ4n) is 2.43. The first-order valence-corrected chi connectivity index (χ1v) is 8.02. The van der Waals surface area contributed by atoms with Gasteiger partial charge in [0.2, 0.25) is 0 Å². The molecule has 0 aromatic heterocycles. The molecule has 4 nitrogen and oxygen atoms in total. The Morgan fingerprint density at radius 1 is 1.24 bits per heavy atom. The number of halogens is 2. The number of carbonyl (C=O) groups excluding carboxylic acids is 1. The Labute approximate surface area is 149 Å². The minimum absolute atomic E-state index is 0.141. The maximum absolute atomic E-state index is 13.7. The third-order valence-electron chi connectivity index (χ3n) is 3.66. The first-order chi connectivity index (χ1) is 12.0. The molecule has 128 valence electrons. The number of cyclic esters (lactones) is 1. The van der Waals surface area contributed by atoms with Gasteiger partial charge in [-0.05, 0) is 47.9 Å². The van der Waals surface area contributed by atoms with Crippen LogP contribution >= 0.6 is 11.6 Å². The van der Waals surface area contributed by atoms with Crippen molar-refractivity contribution in [1.82, 2.24) is 0 Å². The molecule has 2 aromatic rings. The molecule has 0 N–H and O–H groups in total. The quantitative estimate of drug-likeness (QED) is 0.586. The van der Waals surface area contributed by atoms with E-state index in [4.69, 9.17) is 21.1 Å². The van der Waals surface area contributed by atoms with Crippen LogP contribution in [0.2, 0.25) is 5.02 Å². The summed E-state index contributed by atoms with van der Waals surface area (Å²) in [5.41, 5.74) is 1.68. The maximum atomic E-state index is 13.7. The second-order valence-electron chi connectivity index (χ2n) is 5.45. The van der Waals surface area contributed by atoms with Crippen molar-refractivity contribution in [1.29, 1.82) is 0 Å². The lowest BCUT2D eigenvalue weighted by Gasteiger charge is -2.01. The van der Waals surface area contributed by atoms with Crippen LogP contribution in [0.3, 0.4) is 0 Å². The first kappa shape index (κ1) is 17.2. The van der Waals surface area contributed by atoms with Crippen molar-refractivity contribution in [3.05, 3.63) is 70.1 Å². The number of benzene rings is 2. The molecular formula is C19H15ClFNO3. The number of hydrogen-bond acceptors (Lipinski definition) is 4. The van der Waals surface area contributed by atoms with Gasteiger partial charge in [0.05, 0.1) is 7.11 Å². The number of carbonyl (C=O) groups is 1. The minimum atomic E-state index is -0.544. The van der Waals surface area contributed by atoms with E-state index in [9.17, 15) is 9.18 Å². The van der Waals surface area contributed by atoms with E-state index >= 15 is 0 Å². The van der Waals surface area contributed by atoms with Gasteiger partial charge >= 0.3 is 5.97 Å². The Kier molecular flexibility index (Phi) is 5.14. The molecule has 6 heteroatoms. The van der Waals surface area contributed by atoms with Gasteiger partial charge in [0.25, 0.3) is 0 Å². The van der Waals surface area contributed by atoms with Crippen molar-refractivity contribution < 1.29 is 18.7 Å². The van der Waals surface area contributed by atoms with Crippen LogP contribution in [0.25, 0.3) is 6.08 Å². The number of methoxy groups -OCH3 is 1. The van der Waals surface area contributed by atoms with Gasteiger partial charge in [0.15, 0.2) is 23.2 Å². The maximum Gasteiger partial charge on any atom is 0.363 e. The highest BCUT2D eigenvalue weighted by Gasteiger charge is 2.22. The third kappa shape index (κ3) is 4.25. The molecule has 2 aromatic carbocycles. The van der Waals surface area contributed by atoms with E-state index in [1.807, 2.05) is 18.2 Å². The zero-order valence-corrected chi connectivity index (χ0v) is 14.2. The number of rotatable bonds is 5. The van der Waals surface area contributed by atoms with Crippen LogP contribution in [-0.4, -0.2) is 19.0 Å². The van der Waals surface area contributed by atoms with Crippen LogP contribution in [0.4, 0.5) is 4.39 Å². The summed E-state index contributed by atoms with van der Waals surface area (Å²) in [5.74, 6) is -0.572. The summed E-state index contributed by atoms with van der Waals surface area (Å²) in [5, 5.41) is 0.657. The summed E-state index contributed by atoms with van der Waals surface area (Å²) in [6.07, 6.45) is 2.61. The van der Waals surface area contributed by atoms with Crippen molar-refractivity contribution in [2.75, 3.05) is 7.11 Å². The second-order valence-corrected chi connectivity index (χ2v) is 5.88. The van der Waals surface area contributed by atoms with Gasteiger partial charge in [-0.3, -0.25) is 0 Å². The SMILES string of the molecule is COc1ccc(/C=C2/N=C(CCc3cccc(Cl)c3)OC2=O)cc1F. The highest BCUT2D eigenvalue weighted by Crippen LogP contribution is 2.22. The summed E-state index contributed by atoms with van der Waals surface area (Å²) < 4.78 is 23.8. The molecule has 3 rings (SSSR count). The molecule has 0 atom stereocenters. The molecule has 0 unspecified atom stereocenters. The molecule has 0 saturated carbocycles. The van der Waals surface area contributed by atoms with Crippen LogP contribution in [0, 0.1) is 5.82 Å². The topological polar surface area (TPSA) is 47.9 Å². The molecule has 0 bridgehead atoms. The average molecular weight is 360 g/mol. The summed E-state index contributed by atoms with van der Waals surface area (Å²) >= 11 is 5.95. The number of nitrogens with zero attached hydrogens (tertiary/aromatic N) is 1. The van der Waals surface area contributed by atoms with Crippen LogP contribution in [-0.2, 0) is 16.0 Å². The Hall–Kier alpha value is -2.66. The number of esters is 1. The predicted octanol–water partition coefficient (Wildman–Crippen LogP) is 4.42. The molecule has 1 aliphatic heterocycles. The standard InChI is InChI=1S/C19H15ClFNO3/c1-24-17-7-5-13(10-15(17)21)11-16-19(23)25-18(22-16)8-6-12-3-2-4-14(20)9-12/h2-5,7,9-11H,6,8H2,1H3/b16-11+. The van der Waals surface area contributed by atoms with E-state index in [0.29, 0.717) is 29.3 Å². The Morgan fingerprint density at radius 2 is 2.08 bits per heavy atom. The number of ether oxygens (including phenoxy) is 2. The molecule has 0 radical (unpaired) electrons. The lowest BCUT2D eigenvalue weighted by Crippen LogP contribution is -2.05. The second kappa shape index (κ2) is 7.49. The molecule has 1 heterocycles. The van der Waals surface area contributed by atoms with Crippen LogP contribution < -0.4 is 4.74 Å². The van der Waals surface area contributed by atoms with E-state index in [1.54, 1.807) is 12.1 Å². The lowest BCUT2D eigenvalue weighted by atomic mass is 10.1. The van der Waals surface area contributed by atoms with Crippen molar-refractivity contribution in [3.8, 4) is 5.75 Å². The Morgan fingerprint density at radius 3 is 2.80 bits per heavy atom. The molecular weight excluding hydrogens is 345 g/mol. The van der Waals surface area contributed by atoms with Crippen molar-refractivity contribution in [3.63, 3.8) is 0 Å². The highest BCUT2D eigenvalue weighted by atomic mass is 35.5. The average Bonchev–Trinajstić information content (AvgIpc) is 2.93. The molecule has 0 amide bonds. The highest BCUT2D eigenvalue weighted by molar-refractivity contribution is 6.30. The van der Waals surface area contributed by atoms with Gasteiger partial charge in [0, 0.05) is 11.4 Å². The van der Waals surface area contributed by atoms with Crippen molar-refractivity contribution >= 4 is 29.5 Å². The Balaban J connectivity index is 1.72. The van der Waals surface area contributed by atoms with E-state index in [2.05, 4.69) is 4.99 Å². The van der Waals surface area contributed by atoms with E-state index < -0.39 is 11.8 Å². The number of aliphatic imine (C=N–C) groups is 1. The lowest BCUT2D eigenvalue weighted by molar-refractivity contribution is -0.130. The summed E-state index contributed by atoms with van der Waals surface area (Å²) in [4.78, 5) is 16.1. The van der Waals surface area contributed by atoms with E-state index in [-0.39, 0.29) is 11.4 Å². The van der Waals surface area contributed by atoms with Gasteiger partial charge in [-0.25, -0.2) is 14.2 Å². The van der Waals surface area contributed by atoms with Crippen LogP contribution in [0.1, 0.15) is 17.5 Å². The zero-order chi connectivity index (χ0) is 17.8. The monoisotopic (exact) mass is 359 g/mol. The molecule has 0 fully saturated rings. The predicted molar refractivity (Wildman–Crippen MR) is 94.2 cm³/mol. The molecule has 1 aliphatic rings. The van der Waals surface area contributed by atoms with Crippen molar-refractivity contribution in [2.24, 2.45) is 4.99 Å². The summed E-state index contributed by atoms with van der Waals surface area (Å²) in [7, 11) is 1.39. The van der Waals surface area contributed by atoms with Gasteiger partial charge in [-0.1, -0.05) is 29.8 Å². The van der Waals surface area contributed by atoms with Crippen LogP contribution in [0.15, 0.2) is 53.2 Å². The molecule has 0 aliphatic carbocycles. The fraction of sp³-hybridized carbons (Fsp3) is 0.158. The third-order valence-corrected chi connectivity index (χ3v) is 3.90. The summed E-state index contributed by atoms with van der Waals surface area (Å²) in [6, 6.07) is 11.9. The molecule has 0 spiro atoms. The fourth-order valence-corrected chi connectivity index (χ4v) is 2.65. The van der Waals surface area contributed by atoms with E-state index in [1.165, 1.54) is 25.3 Å². The van der Waals surface area contributed by atoms with Gasteiger partial charge < -0.3 is 9.47 Å². The Bertz CT molecular complexity index is 877. The molecule has 0 saturated heterocycles. The van der Waals surface area contributed by atoms with Crippen molar-refractivity contribution in [2.45, 2.75) is 12.8 Å². The van der Waals surface area contributed by atoms with Crippen LogP contribution in [0.5, 0.6) is 5.75 Å². The largest absolute Gasteiger partial charge is 0.494 e. The normalized spacial score (nSPS) is 15.2. The number of aryl methyl sites for hydroxylation is 1. The van der Waals surface area contributed by atoms with Gasteiger partial charge in [-0.15, -0.1) is 0 Å². The zero-order valence-electron chi connectivity index (χ0n) is 13.5. The first-order valence-electron chi connectivity index (χ1n) is 7.64. The van der Waals surface area contributed by atoms with E-state index in [0.717, 1.165) is 5.56 Å². The number of hydrogen-bond donors (Lipinski definition) is 0. The summed E-state index contributed by atoms with van der Waals surface area (Å²) in [6.45, 7) is 0. The minimum Gasteiger partial charge on any atom is -0.494 e. The smallest absolute Gasteiger partial charge is 0.363 e.